The summed E-state index contributed by atoms with van der Waals surface area (Å²) in [5.41, 5.74) is 2.33. The fourth-order valence-electron chi connectivity index (χ4n) is 5.52. The van der Waals surface area contributed by atoms with Crippen LogP contribution in [0.3, 0.4) is 0 Å². The molecule has 1 aliphatic heterocycles. The van der Waals surface area contributed by atoms with E-state index in [1.54, 1.807) is 35.1 Å². The van der Waals surface area contributed by atoms with E-state index in [0.717, 1.165) is 37.8 Å². The number of rotatable bonds is 7. The Morgan fingerprint density at radius 3 is 2.44 bits per heavy atom. The highest BCUT2D eigenvalue weighted by Gasteiger charge is 2.32. The first-order valence-corrected chi connectivity index (χ1v) is 15.5. The Labute approximate surface area is 241 Å². The zero-order chi connectivity index (χ0) is 29.0. The van der Waals surface area contributed by atoms with Gasteiger partial charge in [-0.3, -0.25) is 4.79 Å². The average Bonchev–Trinajstić information content (AvgIpc) is 3.40. The molecule has 3 aromatic rings. The number of para-hydroxylation sites is 1. The van der Waals surface area contributed by atoms with Gasteiger partial charge in [0.25, 0.3) is 5.91 Å². The van der Waals surface area contributed by atoms with Crippen LogP contribution in [0.15, 0.2) is 71.3 Å². The lowest BCUT2D eigenvalue weighted by Gasteiger charge is -2.34. The van der Waals surface area contributed by atoms with Crippen molar-refractivity contribution in [1.29, 1.82) is 5.26 Å². The molecule has 2 unspecified atom stereocenters. The maximum Gasteiger partial charge on any atom is 0.262 e. The molecule has 10 heteroatoms. The van der Waals surface area contributed by atoms with Crippen LogP contribution in [-0.4, -0.2) is 59.7 Å². The van der Waals surface area contributed by atoms with Crippen molar-refractivity contribution >= 4 is 22.0 Å². The van der Waals surface area contributed by atoms with Crippen LogP contribution in [-0.2, 0) is 19.6 Å². The third kappa shape index (κ3) is 6.59. The normalized spacial score (nSPS) is 20.9. The van der Waals surface area contributed by atoms with Gasteiger partial charge in [-0.25, -0.2) is 13.1 Å². The van der Waals surface area contributed by atoms with E-state index in [4.69, 9.17) is 9.84 Å². The molecule has 5 rings (SSSR count). The van der Waals surface area contributed by atoms with E-state index in [0.29, 0.717) is 16.8 Å². The van der Waals surface area contributed by atoms with Gasteiger partial charge in [-0.05, 0) is 57.0 Å². The van der Waals surface area contributed by atoms with Gasteiger partial charge >= 0.3 is 0 Å². The highest BCUT2D eigenvalue weighted by molar-refractivity contribution is 7.89. The Hall–Kier alpha value is -3.78. The summed E-state index contributed by atoms with van der Waals surface area (Å²) in [4.78, 5) is 13.2. The number of nitrogens with zero attached hydrogens (tertiary/aromatic N) is 4. The van der Waals surface area contributed by atoms with Crippen molar-refractivity contribution in [2.24, 2.45) is 0 Å². The fraction of sp³-hybridized carbons (Fsp3) is 0.387. The molecule has 0 bridgehead atoms. The molecule has 1 amide bonds. The minimum absolute atomic E-state index is 0.0236. The molecule has 9 nitrogen and oxygen atoms in total. The fourth-order valence-corrected chi connectivity index (χ4v) is 7.16. The summed E-state index contributed by atoms with van der Waals surface area (Å²) in [6.07, 6.45) is 7.96. The molecular formula is C31H35N5O4S. The SMILES string of the molecule is CC1CN(S(=O)(=O)c2cccc(-c3nn(-c4ccccc4)cc3/C=C(/C#N)C(=O)NC3CCCCC3)c2)CC(C)O1. The number of carbonyl (C=O) groups excluding carboxylic acids is 1. The number of ether oxygens (including phenoxy) is 1. The van der Waals surface area contributed by atoms with Gasteiger partial charge in [-0.2, -0.15) is 14.7 Å². The minimum Gasteiger partial charge on any atom is -0.373 e. The number of nitriles is 1. The molecule has 1 N–H and O–H groups in total. The lowest BCUT2D eigenvalue weighted by Crippen LogP contribution is -2.48. The van der Waals surface area contributed by atoms with E-state index in [1.807, 2.05) is 44.2 Å². The smallest absolute Gasteiger partial charge is 0.262 e. The quantitative estimate of drug-likeness (QED) is 0.324. The molecule has 2 heterocycles. The van der Waals surface area contributed by atoms with Gasteiger partial charge in [0, 0.05) is 36.5 Å². The van der Waals surface area contributed by atoms with Crippen molar-refractivity contribution in [1.82, 2.24) is 19.4 Å². The number of hydrogen-bond donors (Lipinski definition) is 1. The molecule has 2 atom stereocenters. The number of aromatic nitrogens is 2. The Morgan fingerprint density at radius 1 is 1.05 bits per heavy atom. The van der Waals surface area contributed by atoms with E-state index in [-0.39, 0.29) is 41.8 Å². The van der Waals surface area contributed by atoms with Gasteiger partial charge in [-0.1, -0.05) is 49.6 Å². The third-order valence-electron chi connectivity index (χ3n) is 7.50. The van der Waals surface area contributed by atoms with Crippen LogP contribution in [0.5, 0.6) is 0 Å². The van der Waals surface area contributed by atoms with Gasteiger partial charge in [0.2, 0.25) is 10.0 Å². The topological polar surface area (TPSA) is 117 Å². The Kier molecular flexibility index (Phi) is 8.68. The number of carbonyl (C=O) groups is 1. The molecule has 1 aliphatic carbocycles. The number of hydrogen-bond acceptors (Lipinski definition) is 6. The Morgan fingerprint density at radius 2 is 1.76 bits per heavy atom. The zero-order valence-corrected chi connectivity index (χ0v) is 24.2. The van der Waals surface area contributed by atoms with Gasteiger partial charge in [0.15, 0.2) is 0 Å². The lowest BCUT2D eigenvalue weighted by atomic mass is 9.95. The van der Waals surface area contributed by atoms with Crippen molar-refractivity contribution < 1.29 is 17.9 Å². The van der Waals surface area contributed by atoms with E-state index >= 15 is 0 Å². The second kappa shape index (κ2) is 12.4. The van der Waals surface area contributed by atoms with Gasteiger partial charge < -0.3 is 10.1 Å². The van der Waals surface area contributed by atoms with Crippen LogP contribution >= 0.6 is 0 Å². The van der Waals surface area contributed by atoms with Crippen molar-refractivity contribution in [2.75, 3.05) is 13.1 Å². The number of morpholine rings is 1. The Balaban J connectivity index is 1.53. The first kappa shape index (κ1) is 28.7. The molecule has 1 aromatic heterocycles. The first-order valence-electron chi connectivity index (χ1n) is 14.1. The highest BCUT2D eigenvalue weighted by Crippen LogP contribution is 2.30. The largest absolute Gasteiger partial charge is 0.373 e. The summed E-state index contributed by atoms with van der Waals surface area (Å²) < 4.78 is 36.1. The monoisotopic (exact) mass is 573 g/mol. The van der Waals surface area contributed by atoms with Gasteiger partial charge in [0.1, 0.15) is 17.3 Å². The number of amides is 1. The number of nitrogens with one attached hydrogen (secondary N) is 1. The Bertz CT molecular complexity index is 1560. The summed E-state index contributed by atoms with van der Waals surface area (Å²) in [7, 11) is -3.79. The third-order valence-corrected chi connectivity index (χ3v) is 9.33. The van der Waals surface area contributed by atoms with Crippen LogP contribution in [0, 0.1) is 11.3 Å². The summed E-state index contributed by atoms with van der Waals surface area (Å²) in [5, 5.41) is 17.7. The van der Waals surface area contributed by atoms with Crippen LogP contribution in [0.2, 0.25) is 0 Å². The van der Waals surface area contributed by atoms with E-state index in [1.165, 1.54) is 10.4 Å². The summed E-state index contributed by atoms with van der Waals surface area (Å²) in [6.45, 7) is 4.27. The van der Waals surface area contributed by atoms with Crippen molar-refractivity contribution in [3.05, 3.63) is 71.9 Å². The average molecular weight is 574 g/mol. The van der Waals surface area contributed by atoms with E-state index in [9.17, 15) is 18.5 Å². The van der Waals surface area contributed by atoms with Crippen LogP contribution in [0.4, 0.5) is 0 Å². The van der Waals surface area contributed by atoms with Crippen LogP contribution in [0.25, 0.3) is 23.0 Å². The van der Waals surface area contributed by atoms with E-state index in [2.05, 4.69) is 11.4 Å². The molecule has 41 heavy (non-hydrogen) atoms. The molecule has 0 radical (unpaired) electrons. The molecule has 0 spiro atoms. The number of sulfonamides is 1. The summed E-state index contributed by atoms with van der Waals surface area (Å²) in [6, 6.07) is 18.2. The second-order valence-corrected chi connectivity index (χ2v) is 12.7. The standard InChI is InChI=1S/C31H35N5O4S/c1-22-19-35(20-23(2)40-22)41(38,39)29-15-9-10-24(17-29)30-26(21-36(34-30)28-13-7-4-8-14-28)16-25(18-32)31(37)33-27-11-5-3-6-12-27/h4,7-10,13-17,21-23,27H,3,5-6,11-12,19-20H2,1-2H3,(H,33,37)/b25-16-. The van der Waals surface area contributed by atoms with Crippen molar-refractivity contribution in [3.8, 4) is 23.0 Å². The summed E-state index contributed by atoms with van der Waals surface area (Å²) in [5.74, 6) is -0.412. The zero-order valence-electron chi connectivity index (χ0n) is 23.4. The van der Waals surface area contributed by atoms with Gasteiger partial charge in [0.05, 0.1) is 22.8 Å². The molecule has 2 fully saturated rings. The van der Waals surface area contributed by atoms with Crippen LogP contribution in [0.1, 0.15) is 51.5 Å². The maximum absolute atomic E-state index is 13.6. The molecule has 1 saturated carbocycles. The summed E-state index contributed by atoms with van der Waals surface area (Å²) >= 11 is 0. The maximum atomic E-state index is 13.6. The minimum atomic E-state index is -3.79. The predicted octanol–water partition coefficient (Wildman–Crippen LogP) is 4.69. The lowest BCUT2D eigenvalue weighted by molar-refractivity contribution is -0.117. The van der Waals surface area contributed by atoms with E-state index < -0.39 is 15.9 Å². The van der Waals surface area contributed by atoms with Gasteiger partial charge in [-0.15, -0.1) is 0 Å². The van der Waals surface area contributed by atoms with Crippen molar-refractivity contribution in [2.45, 2.75) is 69.1 Å². The molecule has 1 saturated heterocycles. The second-order valence-electron chi connectivity index (χ2n) is 10.8. The molecule has 2 aliphatic rings. The van der Waals surface area contributed by atoms with Crippen LogP contribution < -0.4 is 5.32 Å². The molecule has 2 aromatic carbocycles. The number of benzene rings is 2. The first-order chi connectivity index (χ1) is 19.7. The highest BCUT2D eigenvalue weighted by atomic mass is 32.2. The van der Waals surface area contributed by atoms with Crippen molar-refractivity contribution in [3.63, 3.8) is 0 Å². The molecule has 214 valence electrons. The molecular weight excluding hydrogens is 538 g/mol. The predicted molar refractivity (Wildman–Crippen MR) is 156 cm³/mol.